The first-order valence-electron chi connectivity index (χ1n) is 22.4. The maximum atomic E-state index is 12.0. The Labute approximate surface area is 382 Å². The first-order chi connectivity index (χ1) is 29.0. The minimum atomic E-state index is -0.617. The van der Waals surface area contributed by atoms with E-state index in [0.717, 1.165) is 18.8 Å². The van der Waals surface area contributed by atoms with Gasteiger partial charge in [-0.1, -0.05) is 54.7 Å². The molecule has 364 valence electrons. The van der Waals surface area contributed by atoms with Gasteiger partial charge in [0, 0.05) is 22.0 Å². The fourth-order valence-corrected chi connectivity index (χ4v) is 8.58. The van der Waals surface area contributed by atoms with Gasteiger partial charge in [0.05, 0.1) is 10.8 Å². The Morgan fingerprint density at radius 3 is 1.14 bits per heavy atom. The second kappa shape index (κ2) is 23.2. The van der Waals surface area contributed by atoms with E-state index in [2.05, 4.69) is 68.9 Å². The number of Topliss-reactive ketones (excluding diaryl/α,β-unsaturated/α-hetero) is 2. The zero-order valence-electron chi connectivity index (χ0n) is 41.9. The molecule has 4 aliphatic carbocycles. The van der Waals surface area contributed by atoms with Gasteiger partial charge in [-0.05, 0) is 130 Å². The Morgan fingerprint density at radius 1 is 0.500 bits per heavy atom. The molecule has 0 radical (unpaired) electrons. The lowest BCUT2D eigenvalue weighted by atomic mass is 9.70. The van der Waals surface area contributed by atoms with Crippen molar-refractivity contribution in [1.29, 1.82) is 0 Å². The molecular weight excluding hydrogens is 825 g/mol. The molecule has 0 aromatic carbocycles. The Bertz CT molecular complexity index is 1740. The van der Waals surface area contributed by atoms with Crippen LogP contribution in [0.5, 0.6) is 0 Å². The summed E-state index contributed by atoms with van der Waals surface area (Å²) in [6.07, 6.45) is 6.77. The lowest BCUT2D eigenvalue weighted by Gasteiger charge is -2.39. The maximum Gasteiger partial charge on any atom is 0.333 e. The molecule has 14 nitrogen and oxygen atoms in total. The molecule has 4 aliphatic rings. The van der Waals surface area contributed by atoms with Crippen LogP contribution in [0.3, 0.4) is 0 Å². The average molecular weight is 905 g/mol. The second-order valence-corrected chi connectivity index (χ2v) is 21.5. The first kappa shape index (κ1) is 57.7. The van der Waals surface area contributed by atoms with Gasteiger partial charge in [0.2, 0.25) is 0 Å². The predicted molar refractivity (Wildman–Crippen MR) is 241 cm³/mol. The summed E-state index contributed by atoms with van der Waals surface area (Å²) in [5.74, 6) is -1.45. The van der Waals surface area contributed by atoms with Crippen molar-refractivity contribution in [2.45, 2.75) is 174 Å². The summed E-state index contributed by atoms with van der Waals surface area (Å²) in [7, 11) is 0. The molecule has 0 aromatic heterocycles. The lowest BCUT2D eigenvalue weighted by molar-refractivity contribution is -0.166. The van der Waals surface area contributed by atoms with Crippen LogP contribution in [0.15, 0.2) is 24.3 Å². The van der Waals surface area contributed by atoms with Crippen molar-refractivity contribution in [3.63, 3.8) is 0 Å². The fraction of sp³-hybridized carbons (Fsp3) is 0.760. The molecule has 0 saturated heterocycles. The van der Waals surface area contributed by atoms with Gasteiger partial charge in [-0.15, -0.1) is 0 Å². The summed E-state index contributed by atoms with van der Waals surface area (Å²) < 4.78 is 30.2. The van der Waals surface area contributed by atoms with Crippen molar-refractivity contribution in [2.24, 2.45) is 44.3 Å². The minimum absolute atomic E-state index is 0.0136. The summed E-state index contributed by atoms with van der Waals surface area (Å²) in [6.45, 7) is 37.6. The minimum Gasteiger partial charge on any atom is -0.462 e. The van der Waals surface area contributed by atoms with Crippen molar-refractivity contribution in [1.82, 2.24) is 0 Å². The van der Waals surface area contributed by atoms with E-state index >= 15 is 0 Å². The van der Waals surface area contributed by atoms with Crippen LogP contribution in [0, 0.1) is 44.3 Å². The molecule has 0 N–H and O–H groups in total. The maximum absolute atomic E-state index is 12.0. The average Bonchev–Trinajstić information content (AvgIpc) is 3.66. The van der Waals surface area contributed by atoms with Gasteiger partial charge in [-0.2, -0.15) is 0 Å². The normalized spacial score (nSPS) is 25.2. The number of rotatable bonds is 14. The lowest BCUT2D eigenvalue weighted by Crippen LogP contribution is -2.40. The van der Waals surface area contributed by atoms with Gasteiger partial charge in [-0.25, -0.2) is 9.59 Å². The summed E-state index contributed by atoms with van der Waals surface area (Å²) in [5.41, 5.74) is 0.782. The van der Waals surface area contributed by atoms with E-state index in [4.69, 9.17) is 14.2 Å². The number of carbonyl (C=O) groups is 8. The van der Waals surface area contributed by atoms with Crippen molar-refractivity contribution in [3.05, 3.63) is 24.3 Å². The van der Waals surface area contributed by atoms with Gasteiger partial charge in [-0.3, -0.25) is 28.8 Å². The topological polar surface area (TPSA) is 192 Å². The molecule has 4 rings (SSSR count). The number of hydrogen-bond acceptors (Lipinski definition) is 14. The molecule has 0 amide bonds. The number of carbonyl (C=O) groups excluding carboxylic acids is 8. The van der Waals surface area contributed by atoms with E-state index in [1.807, 2.05) is 20.8 Å². The highest BCUT2D eigenvalue weighted by Crippen LogP contribution is 2.67. The van der Waals surface area contributed by atoms with Gasteiger partial charge in [0.1, 0.15) is 63.0 Å². The van der Waals surface area contributed by atoms with Crippen molar-refractivity contribution in [3.8, 4) is 0 Å². The smallest absolute Gasteiger partial charge is 0.333 e. The number of ketones is 2. The van der Waals surface area contributed by atoms with E-state index in [9.17, 15) is 38.4 Å². The Morgan fingerprint density at radius 2 is 0.844 bits per heavy atom. The van der Waals surface area contributed by atoms with Crippen molar-refractivity contribution >= 4 is 47.4 Å². The molecule has 0 heterocycles. The summed E-state index contributed by atoms with van der Waals surface area (Å²) in [5, 5.41) is 0. The van der Waals surface area contributed by atoms with Crippen LogP contribution < -0.4 is 0 Å². The van der Waals surface area contributed by atoms with Crippen LogP contribution in [0.2, 0.25) is 0 Å². The van der Waals surface area contributed by atoms with Gasteiger partial charge in [0.15, 0.2) is 0 Å². The summed E-state index contributed by atoms with van der Waals surface area (Å²) >= 11 is 0. The number of hydrogen-bond donors (Lipinski definition) is 0. The molecule has 0 aromatic rings. The third-order valence-corrected chi connectivity index (χ3v) is 13.8. The highest BCUT2D eigenvalue weighted by molar-refractivity contribution is 5.94. The van der Waals surface area contributed by atoms with Gasteiger partial charge in [0.25, 0.3) is 0 Å². The van der Waals surface area contributed by atoms with Gasteiger partial charge < -0.3 is 28.4 Å². The van der Waals surface area contributed by atoms with Crippen LogP contribution in [-0.2, 0) is 66.8 Å². The van der Waals surface area contributed by atoms with E-state index in [1.165, 1.54) is 46.5 Å². The molecule has 0 spiro atoms. The SMILES string of the molecule is C=C(C)C(=O)OC1CC2CCC1(C)C2(C)C.C=C(C)C(=O)OCCOC(=O)CC(C)=O.CC(=O)CC(=O)OCCOC(=O)C(C)(C)C.CC(C)(C)C(=O)OC1CC2CCC1(C)C2(C)C. The number of ether oxygens (including phenoxy) is 6. The molecular formula is C50H80O14. The molecule has 14 heteroatoms. The Balaban J connectivity index is 0.000000427. The third-order valence-electron chi connectivity index (χ3n) is 13.8. The van der Waals surface area contributed by atoms with E-state index in [0.29, 0.717) is 22.3 Å². The second-order valence-electron chi connectivity index (χ2n) is 21.5. The van der Waals surface area contributed by atoms with Crippen LogP contribution in [0.1, 0.15) is 162 Å². The van der Waals surface area contributed by atoms with Crippen LogP contribution in [0.4, 0.5) is 0 Å². The Kier molecular flexibility index (Phi) is 20.9. The Hall–Kier alpha value is -4.36. The fourth-order valence-electron chi connectivity index (χ4n) is 8.58. The highest BCUT2D eigenvalue weighted by atomic mass is 16.6. The molecule has 6 unspecified atom stereocenters. The first-order valence-corrected chi connectivity index (χ1v) is 22.4. The third kappa shape index (κ3) is 16.0. The quantitative estimate of drug-likeness (QED) is 0.0528. The molecule has 4 fully saturated rings. The van der Waals surface area contributed by atoms with E-state index in [1.54, 1.807) is 27.7 Å². The highest BCUT2D eigenvalue weighted by Gasteiger charge is 2.64. The molecule has 4 saturated carbocycles. The zero-order valence-corrected chi connectivity index (χ0v) is 41.9. The van der Waals surface area contributed by atoms with Gasteiger partial charge >= 0.3 is 35.8 Å². The van der Waals surface area contributed by atoms with Crippen molar-refractivity contribution in [2.75, 3.05) is 26.4 Å². The molecule has 4 bridgehead atoms. The number of fused-ring (bicyclic) bond motifs is 4. The number of esters is 6. The largest absolute Gasteiger partial charge is 0.462 e. The van der Waals surface area contributed by atoms with Crippen molar-refractivity contribution < 1.29 is 66.8 Å². The summed E-state index contributed by atoms with van der Waals surface area (Å²) in [4.78, 5) is 88.5. The summed E-state index contributed by atoms with van der Waals surface area (Å²) in [6, 6.07) is 0. The van der Waals surface area contributed by atoms with Crippen LogP contribution in [0.25, 0.3) is 0 Å². The standard InChI is InChI=1S/C15H26O2.C14H22O2.C11H18O5.C10H14O5/c1-13(2,3)12(16)17-11-9-10-7-8-15(11,6)14(10,4)5;1-9(2)12(15)16-11-8-10-6-7-14(11,5)13(10,3)4;1-8(12)7-9(13)15-5-6-16-10(14)11(2,3)4;1-7(2)10(13)15-5-4-14-9(12)6-8(3)11/h10-11H,7-9H2,1-6H3;10-11H,1,6-8H2,2-5H3;5-7H2,1-4H3;1,4-6H2,2-3H3. The van der Waals surface area contributed by atoms with Crippen LogP contribution >= 0.6 is 0 Å². The van der Waals surface area contributed by atoms with E-state index in [-0.39, 0.29) is 103 Å². The monoisotopic (exact) mass is 905 g/mol. The predicted octanol–water partition coefficient (Wildman–Crippen LogP) is 8.84. The van der Waals surface area contributed by atoms with Crippen LogP contribution in [-0.4, -0.2) is 86.0 Å². The zero-order chi connectivity index (χ0) is 49.8. The molecule has 0 aliphatic heterocycles. The van der Waals surface area contributed by atoms with E-state index < -0.39 is 23.3 Å². The molecule has 6 atom stereocenters. The molecule has 64 heavy (non-hydrogen) atoms.